The first-order chi connectivity index (χ1) is 22.1. The lowest BCUT2D eigenvalue weighted by Crippen LogP contribution is -2.70. The summed E-state index contributed by atoms with van der Waals surface area (Å²) in [4.78, 5) is 13.3. The molecule has 0 radical (unpaired) electrons. The molecular weight excluding hydrogens is 618 g/mol. The lowest BCUT2D eigenvalue weighted by atomic mass is 9.81. The number of amides is 1. The van der Waals surface area contributed by atoms with Crippen molar-refractivity contribution >= 4 is 11.9 Å². The summed E-state index contributed by atoms with van der Waals surface area (Å²) >= 11 is 0. The fourth-order valence-corrected chi connectivity index (χ4v) is 6.69. The van der Waals surface area contributed by atoms with Crippen LogP contribution in [0.4, 0.5) is 0 Å². The highest BCUT2D eigenvalue weighted by molar-refractivity contribution is 5.89. The molecule has 0 spiro atoms. The van der Waals surface area contributed by atoms with Crippen LogP contribution in [0.3, 0.4) is 0 Å². The van der Waals surface area contributed by atoms with E-state index in [9.17, 15) is 25.2 Å². The molecule has 4 aliphatic rings. The zero-order valence-corrected chi connectivity index (χ0v) is 27.3. The third-order valence-corrected chi connectivity index (χ3v) is 9.53. The molecule has 4 rings (SSSR count). The Balaban J connectivity index is 1.49. The minimum absolute atomic E-state index is 0.0102. The topological polar surface area (TPSA) is 311 Å². The summed E-state index contributed by atoms with van der Waals surface area (Å²) in [7, 11) is 1.56. The molecule has 2 aliphatic heterocycles. The molecule has 1 saturated heterocycles. The Morgan fingerprint density at radius 1 is 1.13 bits per heavy atom. The second-order valence-corrected chi connectivity index (χ2v) is 13.5. The first-order valence-corrected chi connectivity index (χ1v) is 16.3. The van der Waals surface area contributed by atoms with Crippen LogP contribution in [0.5, 0.6) is 0 Å². The summed E-state index contributed by atoms with van der Waals surface area (Å²) in [6, 6.07) is -3.08. The number of carbonyl (C=O) groups is 1. The number of aliphatic hydroxyl groups excluding tert-OH is 2. The summed E-state index contributed by atoms with van der Waals surface area (Å²) in [5.41, 5.74) is 20.5. The Labute approximate surface area is 274 Å². The number of carbonyl (C=O) groups excluding carboxylic acids is 1. The predicted molar refractivity (Wildman–Crippen MR) is 169 cm³/mol. The van der Waals surface area contributed by atoms with E-state index in [0.717, 1.165) is 19.4 Å². The van der Waals surface area contributed by atoms with Gasteiger partial charge in [-0.05, 0) is 58.2 Å². The van der Waals surface area contributed by atoms with Crippen molar-refractivity contribution in [1.29, 1.82) is 5.41 Å². The smallest absolute Gasteiger partial charge is 0.273 e. The number of hydrogen-bond acceptors (Lipinski definition) is 15. The Bertz CT molecular complexity index is 1110. The van der Waals surface area contributed by atoms with Crippen LogP contribution in [0.2, 0.25) is 0 Å². The van der Waals surface area contributed by atoms with E-state index in [1.807, 2.05) is 6.08 Å². The fraction of sp³-hybridized carbons (Fsp3) is 0.862. The summed E-state index contributed by atoms with van der Waals surface area (Å²) < 4.78 is 24.1. The van der Waals surface area contributed by atoms with Gasteiger partial charge in [-0.25, -0.2) is 0 Å². The minimum Gasteiger partial charge on any atom is -0.467 e. The highest BCUT2D eigenvalue weighted by Crippen LogP contribution is 2.32. The van der Waals surface area contributed by atoms with Gasteiger partial charge in [-0.1, -0.05) is 6.92 Å². The van der Waals surface area contributed by atoms with Gasteiger partial charge in [0.1, 0.15) is 35.8 Å². The summed E-state index contributed by atoms with van der Waals surface area (Å²) in [6.07, 6.45) is -3.47. The molecule has 2 aliphatic carbocycles. The molecule has 3 fully saturated rings. The van der Waals surface area contributed by atoms with Crippen LogP contribution in [0.25, 0.3) is 0 Å². The summed E-state index contributed by atoms with van der Waals surface area (Å²) in [6.45, 7) is 4.06. The maximum atomic E-state index is 13.3. The van der Waals surface area contributed by atoms with Gasteiger partial charge in [-0.2, -0.15) is 0 Å². The normalized spacial score (nSPS) is 41.9. The first-order valence-electron chi connectivity index (χ1n) is 16.3. The van der Waals surface area contributed by atoms with Crippen molar-refractivity contribution in [3.63, 3.8) is 0 Å². The van der Waals surface area contributed by atoms with Gasteiger partial charge in [0.15, 0.2) is 12.2 Å². The predicted octanol–water partition coefficient (Wildman–Crippen LogP) is -4.74. The fourth-order valence-electron chi connectivity index (χ4n) is 6.69. The van der Waals surface area contributed by atoms with Crippen molar-refractivity contribution in [3.8, 4) is 0 Å². The van der Waals surface area contributed by atoms with Crippen LogP contribution in [0.15, 0.2) is 11.8 Å². The molecule has 0 aromatic heterocycles. The number of aliphatic hydroxyl groups is 4. The van der Waals surface area contributed by atoms with Crippen molar-refractivity contribution < 1.29 is 44.2 Å². The van der Waals surface area contributed by atoms with Crippen molar-refractivity contribution in [2.45, 2.75) is 124 Å². The summed E-state index contributed by atoms with van der Waals surface area (Å²) in [5.74, 6) is -0.415. The van der Waals surface area contributed by atoms with Gasteiger partial charge in [-0.15, -0.1) is 0 Å². The molecule has 18 heteroatoms. The molecule has 2 unspecified atom stereocenters. The molecule has 2 saturated carbocycles. The highest BCUT2D eigenvalue weighted by atomic mass is 16.7. The van der Waals surface area contributed by atoms with E-state index in [1.165, 1.54) is 13.8 Å². The van der Waals surface area contributed by atoms with E-state index in [0.29, 0.717) is 24.6 Å². The van der Waals surface area contributed by atoms with E-state index in [2.05, 4.69) is 21.3 Å². The maximum absolute atomic E-state index is 13.3. The second kappa shape index (κ2) is 15.6. The largest absolute Gasteiger partial charge is 0.467 e. The number of nitrogens with one attached hydrogen (secondary N) is 5. The van der Waals surface area contributed by atoms with Crippen LogP contribution in [-0.4, -0.2) is 138 Å². The van der Waals surface area contributed by atoms with Gasteiger partial charge in [0.25, 0.3) is 5.91 Å². The van der Waals surface area contributed by atoms with Crippen molar-refractivity contribution in [1.82, 2.24) is 21.3 Å². The van der Waals surface area contributed by atoms with Crippen LogP contribution < -0.4 is 44.2 Å². The van der Waals surface area contributed by atoms with Crippen LogP contribution in [0.1, 0.15) is 46.0 Å². The molecule has 0 bridgehead atoms. The van der Waals surface area contributed by atoms with Crippen molar-refractivity contribution in [2.24, 2.45) is 28.9 Å². The molecule has 0 aromatic carbocycles. The Morgan fingerprint density at radius 3 is 2.43 bits per heavy atom. The molecule has 1 amide bonds. The van der Waals surface area contributed by atoms with Crippen molar-refractivity contribution in [3.05, 3.63) is 11.8 Å². The number of likely N-dealkylation sites (N-methyl/N-ethyl adjacent to an activating group) is 1. The highest BCUT2D eigenvalue weighted by Gasteiger charge is 2.52. The minimum atomic E-state index is -2.25. The van der Waals surface area contributed by atoms with E-state index in [4.69, 9.17) is 47.3 Å². The van der Waals surface area contributed by atoms with Gasteiger partial charge < -0.3 is 83.6 Å². The van der Waals surface area contributed by atoms with Gasteiger partial charge in [0, 0.05) is 18.5 Å². The zero-order chi connectivity index (χ0) is 34.7. The van der Waals surface area contributed by atoms with Crippen LogP contribution in [0, 0.1) is 11.3 Å². The van der Waals surface area contributed by atoms with E-state index >= 15 is 0 Å². The quantitative estimate of drug-likeness (QED) is 0.0496. The first kappa shape index (κ1) is 37.6. The Hall–Kier alpha value is -2.20. The average molecular weight is 674 g/mol. The standard InChI is InChI=1S/C29H55N9O9/c1-4-29(43,38-27(33)34)26(41)37-18-9-17(32)21(19(39)22(18)47-25-20(40)23(35-3)28(2,42)12-44-25)46-24-16(31)6-5-15(45-24)11-36-10-13-7-14(30)8-13/h5,13-14,16-25,35-36,39-40,42-43H,4,6-12,30-32H2,1-3H3,(H,37,41)(H4,33,34,38)/t13?,14?,16-,17+,18-,19+,20-,21?,22+,23-,24-,25-,28+,29?/m1/s1. The molecule has 12 atom stereocenters. The van der Waals surface area contributed by atoms with Gasteiger partial charge in [-0.3, -0.25) is 10.2 Å². The molecule has 2 heterocycles. The lowest BCUT2D eigenvalue weighted by molar-refractivity contribution is -0.304. The monoisotopic (exact) mass is 673 g/mol. The molecular formula is C29H55N9O9. The Morgan fingerprint density at radius 2 is 1.81 bits per heavy atom. The number of guanidine groups is 1. The average Bonchev–Trinajstić information content (AvgIpc) is 2.98. The summed E-state index contributed by atoms with van der Waals surface area (Å²) in [5, 5.41) is 63.0. The number of rotatable bonds is 13. The molecule has 47 heavy (non-hydrogen) atoms. The maximum Gasteiger partial charge on any atom is 0.273 e. The van der Waals surface area contributed by atoms with E-state index < -0.39 is 84.4 Å². The third-order valence-electron chi connectivity index (χ3n) is 9.53. The van der Waals surface area contributed by atoms with Crippen molar-refractivity contribution in [2.75, 3.05) is 26.7 Å². The number of hydrogen-bond donors (Lipinski definition) is 13. The van der Waals surface area contributed by atoms with E-state index in [-0.39, 0.29) is 25.5 Å². The Kier molecular flexibility index (Phi) is 12.5. The molecule has 0 aromatic rings. The second-order valence-electron chi connectivity index (χ2n) is 13.5. The van der Waals surface area contributed by atoms with Gasteiger partial charge in [0.2, 0.25) is 12.0 Å². The lowest BCUT2D eigenvalue weighted by Gasteiger charge is -2.49. The van der Waals surface area contributed by atoms with Crippen LogP contribution in [-0.2, 0) is 23.7 Å². The zero-order valence-electron chi connectivity index (χ0n) is 27.3. The van der Waals surface area contributed by atoms with Crippen LogP contribution >= 0.6 is 0 Å². The molecule has 17 N–H and O–H groups in total. The van der Waals surface area contributed by atoms with Gasteiger partial charge >= 0.3 is 0 Å². The number of ether oxygens (including phenoxy) is 4. The van der Waals surface area contributed by atoms with E-state index in [1.54, 1.807) is 7.05 Å². The molecule has 18 nitrogen and oxygen atoms in total. The SMILES string of the molecule is CCC(O)(NC(=N)N)C(=O)N[C@@H]1C[C@H](N)C(O[C@H]2OC(CNCC3CC(N)C3)=CC[C@H]2N)[C@H](O)[C@H]1O[C@H]1OC[C@](C)(O)[C@H](NC)[C@H]1O. The van der Waals surface area contributed by atoms with Gasteiger partial charge in [0.05, 0.1) is 31.3 Å². The third kappa shape index (κ3) is 8.89. The molecule has 270 valence electrons. The number of nitrogens with two attached hydrogens (primary N) is 4.